The van der Waals surface area contributed by atoms with Gasteiger partial charge in [0.05, 0.1) is 12.7 Å². The Morgan fingerprint density at radius 1 is 1.25 bits per heavy atom. The molecular weight excluding hydrogens is 297 g/mol. The highest BCUT2D eigenvalue weighted by atomic mass is 35.5. The summed E-state index contributed by atoms with van der Waals surface area (Å²) >= 11 is 11.8. The van der Waals surface area contributed by atoms with Crippen LogP contribution in [0.25, 0.3) is 0 Å². The van der Waals surface area contributed by atoms with Gasteiger partial charge in [0.2, 0.25) is 0 Å². The zero-order valence-electron chi connectivity index (χ0n) is 11.5. The molecule has 0 spiro atoms. The molecule has 2 aromatic rings. The summed E-state index contributed by atoms with van der Waals surface area (Å²) < 4.78 is 7.52. The SMILES string of the molecule is CN(CCOc1ccc(Cl)cc1)Cc1ncc(Cl)n1C. The van der Waals surface area contributed by atoms with Gasteiger partial charge < -0.3 is 9.30 Å². The molecular formula is C14H17Cl2N3O. The van der Waals surface area contributed by atoms with E-state index in [-0.39, 0.29) is 0 Å². The lowest BCUT2D eigenvalue weighted by molar-refractivity contribution is 0.228. The molecule has 1 aromatic heterocycles. The standard InChI is InChI=1S/C14H17Cl2N3O/c1-18(10-14-17-9-13(16)19(14)2)7-8-20-12-5-3-11(15)4-6-12/h3-6,9H,7-8,10H2,1-2H3. The predicted octanol–water partition coefficient (Wildman–Crippen LogP) is 3.24. The Balaban J connectivity index is 1.76. The number of imidazole rings is 1. The highest BCUT2D eigenvalue weighted by Crippen LogP contribution is 2.15. The zero-order valence-corrected chi connectivity index (χ0v) is 13.0. The van der Waals surface area contributed by atoms with Gasteiger partial charge in [0.15, 0.2) is 0 Å². The number of likely N-dealkylation sites (N-methyl/N-ethyl adjacent to an activating group) is 1. The Hall–Kier alpha value is -1.23. The average Bonchev–Trinajstić information content (AvgIpc) is 2.73. The van der Waals surface area contributed by atoms with Crippen LogP contribution in [0.4, 0.5) is 0 Å². The second-order valence-electron chi connectivity index (χ2n) is 4.60. The second kappa shape index (κ2) is 6.97. The van der Waals surface area contributed by atoms with Crippen molar-refractivity contribution in [3.05, 3.63) is 46.5 Å². The molecule has 20 heavy (non-hydrogen) atoms. The summed E-state index contributed by atoms with van der Waals surface area (Å²) in [6.45, 7) is 2.14. The van der Waals surface area contributed by atoms with Crippen LogP contribution in [-0.4, -0.2) is 34.7 Å². The number of ether oxygens (including phenoxy) is 1. The smallest absolute Gasteiger partial charge is 0.128 e. The van der Waals surface area contributed by atoms with E-state index in [0.29, 0.717) is 16.8 Å². The lowest BCUT2D eigenvalue weighted by atomic mass is 10.3. The minimum atomic E-state index is 0.607. The fourth-order valence-corrected chi connectivity index (χ4v) is 2.01. The van der Waals surface area contributed by atoms with Crippen LogP contribution in [0, 0.1) is 0 Å². The number of halogens is 2. The first kappa shape index (κ1) is 15.2. The van der Waals surface area contributed by atoms with Crippen LogP contribution in [0.5, 0.6) is 5.75 Å². The van der Waals surface area contributed by atoms with Gasteiger partial charge in [-0.15, -0.1) is 0 Å². The topological polar surface area (TPSA) is 30.3 Å². The molecule has 4 nitrogen and oxygen atoms in total. The summed E-state index contributed by atoms with van der Waals surface area (Å²) in [5, 5.41) is 1.35. The number of hydrogen-bond acceptors (Lipinski definition) is 3. The maximum absolute atomic E-state index is 5.96. The van der Waals surface area contributed by atoms with Gasteiger partial charge in [-0.2, -0.15) is 0 Å². The van der Waals surface area contributed by atoms with Gasteiger partial charge in [-0.1, -0.05) is 23.2 Å². The highest BCUT2D eigenvalue weighted by Gasteiger charge is 2.07. The van der Waals surface area contributed by atoms with Gasteiger partial charge in [0, 0.05) is 18.6 Å². The molecule has 0 radical (unpaired) electrons. The van der Waals surface area contributed by atoms with Crippen LogP contribution in [0.15, 0.2) is 30.5 Å². The van der Waals surface area contributed by atoms with Crippen LogP contribution >= 0.6 is 23.2 Å². The van der Waals surface area contributed by atoms with E-state index in [9.17, 15) is 0 Å². The van der Waals surface area contributed by atoms with E-state index in [2.05, 4.69) is 9.88 Å². The molecule has 0 aliphatic rings. The molecule has 1 heterocycles. The molecule has 0 bridgehead atoms. The highest BCUT2D eigenvalue weighted by molar-refractivity contribution is 6.30. The Morgan fingerprint density at radius 2 is 1.95 bits per heavy atom. The van der Waals surface area contributed by atoms with E-state index in [1.807, 2.05) is 42.9 Å². The van der Waals surface area contributed by atoms with Gasteiger partial charge in [0.25, 0.3) is 0 Å². The third-order valence-corrected chi connectivity index (χ3v) is 3.60. The second-order valence-corrected chi connectivity index (χ2v) is 5.42. The molecule has 108 valence electrons. The van der Waals surface area contributed by atoms with Crippen molar-refractivity contribution < 1.29 is 4.74 Å². The molecule has 2 rings (SSSR count). The molecule has 0 N–H and O–H groups in total. The van der Waals surface area contributed by atoms with Crippen LogP contribution in [0.1, 0.15) is 5.82 Å². The van der Waals surface area contributed by atoms with Crippen molar-refractivity contribution in [2.75, 3.05) is 20.2 Å². The molecule has 0 aliphatic heterocycles. The van der Waals surface area contributed by atoms with Crippen molar-refractivity contribution >= 4 is 23.2 Å². The van der Waals surface area contributed by atoms with Crippen molar-refractivity contribution in [3.63, 3.8) is 0 Å². The van der Waals surface area contributed by atoms with Crippen LogP contribution in [0.3, 0.4) is 0 Å². The molecule has 0 fully saturated rings. The van der Waals surface area contributed by atoms with Gasteiger partial charge in [-0.3, -0.25) is 4.90 Å². The minimum Gasteiger partial charge on any atom is -0.492 e. The van der Waals surface area contributed by atoms with Crippen LogP contribution < -0.4 is 4.74 Å². The summed E-state index contributed by atoms with van der Waals surface area (Å²) in [6.07, 6.45) is 1.66. The fourth-order valence-electron chi connectivity index (χ4n) is 1.74. The summed E-state index contributed by atoms with van der Waals surface area (Å²) in [6, 6.07) is 7.36. The summed E-state index contributed by atoms with van der Waals surface area (Å²) in [7, 11) is 3.93. The first-order valence-corrected chi connectivity index (χ1v) is 7.05. The lowest BCUT2D eigenvalue weighted by Gasteiger charge is -2.16. The van der Waals surface area contributed by atoms with E-state index in [1.165, 1.54) is 0 Å². The minimum absolute atomic E-state index is 0.607. The number of hydrogen-bond donors (Lipinski definition) is 0. The van der Waals surface area contributed by atoms with Gasteiger partial charge >= 0.3 is 0 Å². The third kappa shape index (κ3) is 4.13. The molecule has 0 atom stereocenters. The van der Waals surface area contributed by atoms with Crippen molar-refractivity contribution in [2.45, 2.75) is 6.54 Å². The molecule has 0 saturated carbocycles. The van der Waals surface area contributed by atoms with Gasteiger partial charge in [0.1, 0.15) is 23.3 Å². The van der Waals surface area contributed by atoms with Crippen molar-refractivity contribution in [2.24, 2.45) is 7.05 Å². The Labute approximate surface area is 128 Å². The number of aromatic nitrogens is 2. The van der Waals surface area contributed by atoms with Gasteiger partial charge in [-0.05, 0) is 31.3 Å². The van der Waals surface area contributed by atoms with E-state index in [4.69, 9.17) is 27.9 Å². The zero-order chi connectivity index (χ0) is 14.5. The van der Waals surface area contributed by atoms with Crippen LogP contribution in [0.2, 0.25) is 10.2 Å². The molecule has 1 aromatic carbocycles. The van der Waals surface area contributed by atoms with Gasteiger partial charge in [-0.25, -0.2) is 4.98 Å². The van der Waals surface area contributed by atoms with E-state index in [0.717, 1.165) is 24.7 Å². The number of nitrogens with zero attached hydrogens (tertiary/aromatic N) is 3. The first-order valence-electron chi connectivity index (χ1n) is 6.29. The quantitative estimate of drug-likeness (QED) is 0.820. The first-order chi connectivity index (χ1) is 9.56. The predicted molar refractivity (Wildman–Crippen MR) is 81.5 cm³/mol. The van der Waals surface area contributed by atoms with E-state index in [1.54, 1.807) is 6.20 Å². The summed E-state index contributed by atoms with van der Waals surface area (Å²) in [5.74, 6) is 1.76. The van der Waals surface area contributed by atoms with Crippen LogP contribution in [-0.2, 0) is 13.6 Å². The van der Waals surface area contributed by atoms with E-state index >= 15 is 0 Å². The summed E-state index contributed by atoms with van der Waals surface area (Å²) in [5.41, 5.74) is 0. The third-order valence-electron chi connectivity index (χ3n) is 2.99. The largest absolute Gasteiger partial charge is 0.492 e. The Kier molecular flexibility index (Phi) is 5.29. The van der Waals surface area contributed by atoms with E-state index < -0.39 is 0 Å². The average molecular weight is 314 g/mol. The monoisotopic (exact) mass is 313 g/mol. The Morgan fingerprint density at radius 3 is 2.55 bits per heavy atom. The number of rotatable bonds is 6. The van der Waals surface area contributed by atoms with Crippen molar-refractivity contribution in [1.29, 1.82) is 0 Å². The molecule has 0 unspecified atom stereocenters. The Bertz CT molecular complexity index is 554. The van der Waals surface area contributed by atoms with Crippen molar-refractivity contribution in [1.82, 2.24) is 14.5 Å². The molecule has 0 amide bonds. The fraction of sp³-hybridized carbons (Fsp3) is 0.357. The van der Waals surface area contributed by atoms with Crippen molar-refractivity contribution in [3.8, 4) is 5.75 Å². The normalized spacial score (nSPS) is 11.1. The molecule has 0 saturated heterocycles. The summed E-state index contributed by atoms with van der Waals surface area (Å²) in [4.78, 5) is 6.40. The molecule has 6 heteroatoms. The maximum Gasteiger partial charge on any atom is 0.128 e. The molecule has 0 aliphatic carbocycles. The lowest BCUT2D eigenvalue weighted by Crippen LogP contribution is -2.25. The maximum atomic E-state index is 5.96. The number of benzene rings is 1.